The molecule has 3 aliphatic heterocycles. The van der Waals surface area contributed by atoms with Crippen molar-refractivity contribution in [2.75, 3.05) is 39.3 Å². The summed E-state index contributed by atoms with van der Waals surface area (Å²) in [6.45, 7) is 10.8. The van der Waals surface area contributed by atoms with E-state index in [0.717, 1.165) is 0 Å². The first-order valence-corrected chi connectivity index (χ1v) is 16.5. The number of benzene rings is 1. The van der Waals surface area contributed by atoms with Crippen LogP contribution in [0.5, 0.6) is 0 Å². The van der Waals surface area contributed by atoms with Crippen LogP contribution < -0.4 is 0 Å². The number of fused-ring (bicyclic) bond motifs is 2. The molecule has 4 rings (SSSR count). The first-order valence-electron chi connectivity index (χ1n) is 13.6. The van der Waals surface area contributed by atoms with Gasteiger partial charge in [-0.2, -0.15) is 8.61 Å². The second-order valence-corrected chi connectivity index (χ2v) is 15.3. The molecule has 1 aromatic rings. The summed E-state index contributed by atoms with van der Waals surface area (Å²) in [4.78, 5) is 29.6. The van der Waals surface area contributed by atoms with E-state index in [0.29, 0.717) is 52.0 Å². The molecule has 0 spiro atoms. The third-order valence-corrected chi connectivity index (χ3v) is 11.6. The van der Waals surface area contributed by atoms with Gasteiger partial charge in [-0.15, -0.1) is 0 Å². The lowest BCUT2D eigenvalue weighted by molar-refractivity contribution is -0.139. The Balaban J connectivity index is 1.41. The molecular formula is C26H40N4O7S2. The Labute approximate surface area is 232 Å². The third-order valence-electron chi connectivity index (χ3n) is 7.69. The lowest BCUT2D eigenvalue weighted by Crippen LogP contribution is -2.54. The maximum absolute atomic E-state index is 13.5. The van der Waals surface area contributed by atoms with Gasteiger partial charge in [0.2, 0.25) is 26.0 Å². The van der Waals surface area contributed by atoms with Crippen molar-refractivity contribution in [3.8, 4) is 0 Å². The average Bonchev–Trinajstić information content (AvgIpc) is 3.49. The molecule has 3 fully saturated rings. The van der Waals surface area contributed by atoms with Gasteiger partial charge in [0.05, 0.1) is 27.8 Å². The Bertz CT molecular complexity index is 1290. The maximum atomic E-state index is 13.5. The number of hydrogen-bond donors (Lipinski definition) is 0. The smallest absolute Gasteiger partial charge is 0.410 e. The van der Waals surface area contributed by atoms with Crippen LogP contribution in [0.1, 0.15) is 53.9 Å². The van der Waals surface area contributed by atoms with Crippen LogP contribution in [-0.2, 0) is 29.6 Å². The van der Waals surface area contributed by atoms with E-state index < -0.39 is 31.6 Å². The van der Waals surface area contributed by atoms with Crippen molar-refractivity contribution in [2.24, 2.45) is 5.92 Å². The van der Waals surface area contributed by atoms with E-state index in [9.17, 15) is 26.4 Å². The number of ether oxygens (including phenoxy) is 1. The first-order chi connectivity index (χ1) is 18.2. The van der Waals surface area contributed by atoms with Crippen LogP contribution in [0.25, 0.3) is 0 Å². The summed E-state index contributed by atoms with van der Waals surface area (Å²) >= 11 is 0. The van der Waals surface area contributed by atoms with E-state index >= 15 is 0 Å². The Morgan fingerprint density at radius 2 is 1.49 bits per heavy atom. The molecule has 11 nitrogen and oxygen atoms in total. The summed E-state index contributed by atoms with van der Waals surface area (Å²) < 4.78 is 60.5. The predicted molar refractivity (Wildman–Crippen MR) is 145 cm³/mol. The van der Waals surface area contributed by atoms with Crippen LogP contribution in [0.3, 0.4) is 0 Å². The van der Waals surface area contributed by atoms with Gasteiger partial charge in [-0.3, -0.25) is 4.79 Å². The maximum Gasteiger partial charge on any atom is 0.410 e. The van der Waals surface area contributed by atoms with Crippen LogP contribution in [0.15, 0.2) is 34.1 Å². The van der Waals surface area contributed by atoms with Crippen molar-refractivity contribution in [3.05, 3.63) is 24.3 Å². The molecule has 0 saturated carbocycles. The van der Waals surface area contributed by atoms with Crippen LogP contribution >= 0.6 is 0 Å². The van der Waals surface area contributed by atoms with Crippen molar-refractivity contribution < 1.29 is 31.2 Å². The quantitative estimate of drug-likeness (QED) is 0.482. The zero-order chi connectivity index (χ0) is 28.8. The molecule has 0 aromatic heterocycles. The van der Waals surface area contributed by atoms with E-state index in [1.54, 1.807) is 23.6 Å². The van der Waals surface area contributed by atoms with Crippen LogP contribution in [0.4, 0.5) is 4.79 Å². The van der Waals surface area contributed by atoms with Crippen molar-refractivity contribution >= 4 is 32.0 Å². The fourth-order valence-electron chi connectivity index (χ4n) is 5.72. The van der Waals surface area contributed by atoms with Crippen molar-refractivity contribution in [1.29, 1.82) is 0 Å². The van der Waals surface area contributed by atoms with Gasteiger partial charge in [-0.05, 0) is 64.3 Å². The van der Waals surface area contributed by atoms with Crippen LogP contribution in [0, 0.1) is 5.92 Å². The Kier molecular flexibility index (Phi) is 8.38. The molecular weight excluding hydrogens is 544 g/mol. The monoisotopic (exact) mass is 584 g/mol. The highest BCUT2D eigenvalue weighted by Gasteiger charge is 2.49. The number of sulfonamides is 2. The van der Waals surface area contributed by atoms with E-state index in [1.807, 2.05) is 20.8 Å². The summed E-state index contributed by atoms with van der Waals surface area (Å²) in [5.74, 6) is -0.544. The molecule has 218 valence electrons. The van der Waals surface area contributed by atoms with Gasteiger partial charge >= 0.3 is 6.09 Å². The van der Waals surface area contributed by atoms with Gasteiger partial charge < -0.3 is 14.5 Å². The topological polar surface area (TPSA) is 125 Å². The summed E-state index contributed by atoms with van der Waals surface area (Å²) in [7, 11) is -7.61. The summed E-state index contributed by atoms with van der Waals surface area (Å²) in [5, 5.41) is 0. The average molecular weight is 585 g/mol. The number of hydrogen-bond acceptors (Lipinski definition) is 7. The highest BCUT2D eigenvalue weighted by molar-refractivity contribution is 7.89. The lowest BCUT2D eigenvalue weighted by atomic mass is 9.97. The summed E-state index contributed by atoms with van der Waals surface area (Å²) in [6, 6.07) is 5.10. The number of rotatable bonds is 7. The van der Waals surface area contributed by atoms with Crippen LogP contribution in [0.2, 0.25) is 0 Å². The number of carbonyl (C=O) groups excluding carboxylic acids is 2. The van der Waals surface area contributed by atoms with Crippen molar-refractivity contribution in [2.45, 2.75) is 81.4 Å². The molecule has 3 saturated heterocycles. The minimum absolute atomic E-state index is 0.00216. The Hall–Kier alpha value is -2.22. The largest absolute Gasteiger partial charge is 0.444 e. The molecule has 0 radical (unpaired) electrons. The molecule has 0 unspecified atom stereocenters. The molecule has 3 heterocycles. The number of piperidine rings is 1. The zero-order valence-corrected chi connectivity index (χ0v) is 25.0. The summed E-state index contributed by atoms with van der Waals surface area (Å²) in [5.41, 5.74) is -0.592. The zero-order valence-electron chi connectivity index (χ0n) is 23.4. The Morgan fingerprint density at radius 1 is 0.923 bits per heavy atom. The van der Waals surface area contributed by atoms with Crippen LogP contribution in [-0.4, -0.2) is 104 Å². The molecule has 3 aliphatic rings. The second kappa shape index (κ2) is 11.0. The van der Waals surface area contributed by atoms with Gasteiger partial charge in [-0.25, -0.2) is 21.6 Å². The number of carbonyl (C=O) groups is 2. The lowest BCUT2D eigenvalue weighted by Gasteiger charge is -2.38. The van der Waals surface area contributed by atoms with Crippen molar-refractivity contribution in [1.82, 2.24) is 18.4 Å². The van der Waals surface area contributed by atoms with Gasteiger partial charge in [0.1, 0.15) is 5.60 Å². The molecule has 13 heteroatoms. The number of amides is 2. The second-order valence-electron chi connectivity index (χ2n) is 11.4. The van der Waals surface area contributed by atoms with E-state index in [1.165, 1.54) is 32.9 Å². The molecule has 39 heavy (non-hydrogen) atoms. The van der Waals surface area contributed by atoms with E-state index in [-0.39, 0.29) is 40.4 Å². The van der Waals surface area contributed by atoms with Crippen molar-refractivity contribution in [3.63, 3.8) is 0 Å². The molecule has 1 aromatic carbocycles. The highest BCUT2D eigenvalue weighted by atomic mass is 32.2. The summed E-state index contributed by atoms with van der Waals surface area (Å²) in [6.07, 6.45) is 1.47. The van der Waals surface area contributed by atoms with Gasteiger partial charge in [0.15, 0.2) is 0 Å². The standard InChI is InChI=1S/C26H40N4O7S2/c1-6-27(7-2)38(33,34)22-10-12-23(13-11-22)39(35,36)28-14-8-9-19(16-28)24(31)29-17-21-15-20(29)18-30(21)25(32)37-26(3,4)5/h10-13,19-21H,6-9,14-18H2,1-5H3/t19-,20+,21+/m1/s1. The SMILES string of the molecule is CCN(CC)S(=O)(=O)c1ccc(S(=O)(=O)N2CCC[C@@H](C(=O)N3C[C@@H]4C[C@H]3CN4C(=O)OC(C)(C)C)C2)cc1. The number of piperazine rings is 1. The minimum atomic E-state index is -3.91. The molecule has 0 aliphatic carbocycles. The number of nitrogens with zero attached hydrogens (tertiary/aromatic N) is 4. The van der Waals surface area contributed by atoms with Gasteiger partial charge in [0.25, 0.3) is 0 Å². The third kappa shape index (κ3) is 5.96. The van der Waals surface area contributed by atoms with E-state index in [4.69, 9.17) is 4.74 Å². The fraction of sp³-hybridized carbons (Fsp3) is 0.692. The normalized spacial score (nSPS) is 24.4. The molecule has 3 atom stereocenters. The predicted octanol–water partition coefficient (Wildman–Crippen LogP) is 2.34. The molecule has 2 bridgehead atoms. The minimum Gasteiger partial charge on any atom is -0.444 e. The van der Waals surface area contributed by atoms with Gasteiger partial charge in [-0.1, -0.05) is 13.8 Å². The van der Waals surface area contributed by atoms with Gasteiger partial charge in [0, 0.05) is 39.3 Å². The fourth-order valence-corrected chi connectivity index (χ4v) is 8.70. The first kappa shape index (κ1) is 29.8. The molecule has 0 N–H and O–H groups in total. The highest BCUT2D eigenvalue weighted by Crippen LogP contribution is 2.35. The Morgan fingerprint density at radius 3 is 2.03 bits per heavy atom. The molecule has 2 amide bonds. The van der Waals surface area contributed by atoms with E-state index in [2.05, 4.69) is 0 Å². The number of likely N-dealkylation sites (tertiary alicyclic amines) is 2.